The number of aryl methyl sites for hydroxylation is 1. The van der Waals surface area contributed by atoms with E-state index in [0.717, 1.165) is 11.1 Å². The zero-order valence-electron chi connectivity index (χ0n) is 17.1. The van der Waals surface area contributed by atoms with Crippen LogP contribution in [0.25, 0.3) is 0 Å². The van der Waals surface area contributed by atoms with E-state index in [-0.39, 0.29) is 18.4 Å². The summed E-state index contributed by atoms with van der Waals surface area (Å²) >= 11 is 0. The van der Waals surface area contributed by atoms with Crippen LogP contribution >= 0.6 is 0 Å². The Balaban J connectivity index is 2.10. The summed E-state index contributed by atoms with van der Waals surface area (Å²) < 4.78 is 5.61. The van der Waals surface area contributed by atoms with Gasteiger partial charge in [-0.2, -0.15) is 0 Å². The Hall–Kier alpha value is -2.82. The van der Waals surface area contributed by atoms with E-state index >= 15 is 0 Å². The molecule has 0 saturated heterocycles. The number of ether oxygens (including phenoxy) is 1. The molecule has 0 fully saturated rings. The molecule has 0 aliphatic rings. The second-order valence-electron chi connectivity index (χ2n) is 7.42. The van der Waals surface area contributed by atoms with E-state index in [1.54, 1.807) is 24.0 Å². The van der Waals surface area contributed by atoms with Crippen LogP contribution in [-0.4, -0.2) is 35.9 Å². The number of benzene rings is 2. The van der Waals surface area contributed by atoms with Crippen LogP contribution in [0.3, 0.4) is 0 Å². The van der Waals surface area contributed by atoms with Gasteiger partial charge in [-0.05, 0) is 37.5 Å². The third-order valence-electron chi connectivity index (χ3n) is 4.43. The molecule has 0 bridgehead atoms. The van der Waals surface area contributed by atoms with E-state index in [4.69, 9.17) is 4.74 Å². The van der Waals surface area contributed by atoms with E-state index in [0.29, 0.717) is 24.8 Å². The van der Waals surface area contributed by atoms with Gasteiger partial charge in [0, 0.05) is 13.1 Å². The molecule has 2 rings (SSSR count). The molecule has 5 heteroatoms. The number of hydrogen-bond acceptors (Lipinski definition) is 3. The highest BCUT2D eigenvalue weighted by Crippen LogP contribution is 2.13. The number of carbonyl (C=O) groups excluding carboxylic acids is 2. The smallest absolute Gasteiger partial charge is 0.261 e. The first-order valence-corrected chi connectivity index (χ1v) is 9.67. The lowest BCUT2D eigenvalue weighted by Crippen LogP contribution is -2.49. The minimum absolute atomic E-state index is 0.113. The summed E-state index contributed by atoms with van der Waals surface area (Å²) in [4.78, 5) is 27.0. The fraction of sp³-hybridized carbons (Fsp3) is 0.391. The van der Waals surface area contributed by atoms with Crippen LogP contribution in [0, 0.1) is 12.8 Å². The summed E-state index contributed by atoms with van der Waals surface area (Å²) in [6.07, 6.45) is 0. The molecule has 0 aliphatic carbocycles. The Morgan fingerprint density at radius 1 is 1.00 bits per heavy atom. The van der Waals surface area contributed by atoms with E-state index in [1.807, 2.05) is 63.2 Å². The second-order valence-corrected chi connectivity index (χ2v) is 7.42. The summed E-state index contributed by atoms with van der Waals surface area (Å²) in [5, 5.41) is 2.91. The number of hydrogen-bond donors (Lipinski definition) is 1. The van der Waals surface area contributed by atoms with Gasteiger partial charge in [-0.25, -0.2) is 0 Å². The molecule has 150 valence electrons. The largest absolute Gasteiger partial charge is 0.484 e. The van der Waals surface area contributed by atoms with Crippen molar-refractivity contribution < 1.29 is 14.3 Å². The molecule has 1 N–H and O–H groups in total. The summed E-state index contributed by atoms with van der Waals surface area (Å²) in [5.74, 6) is 0.590. The third kappa shape index (κ3) is 6.72. The third-order valence-corrected chi connectivity index (χ3v) is 4.43. The van der Waals surface area contributed by atoms with Gasteiger partial charge in [0.1, 0.15) is 11.8 Å². The fourth-order valence-corrected chi connectivity index (χ4v) is 2.67. The van der Waals surface area contributed by atoms with Crippen molar-refractivity contribution in [1.82, 2.24) is 10.2 Å². The van der Waals surface area contributed by atoms with Gasteiger partial charge in [-0.3, -0.25) is 9.59 Å². The molecular weight excluding hydrogens is 352 g/mol. The Kier molecular flexibility index (Phi) is 8.05. The van der Waals surface area contributed by atoms with E-state index in [9.17, 15) is 9.59 Å². The molecule has 2 aromatic rings. The lowest BCUT2D eigenvalue weighted by Gasteiger charge is -2.29. The first-order valence-electron chi connectivity index (χ1n) is 9.67. The molecule has 0 aromatic heterocycles. The summed E-state index contributed by atoms with van der Waals surface area (Å²) in [6, 6.07) is 16.6. The molecule has 28 heavy (non-hydrogen) atoms. The SMILES string of the molecule is Cc1ccc(CN(C(=O)COc2ccccc2)[C@H](C)C(=O)NCC(C)C)cc1. The molecule has 0 spiro atoms. The summed E-state index contributed by atoms with van der Waals surface area (Å²) in [6.45, 7) is 8.66. The van der Waals surface area contributed by atoms with Gasteiger partial charge in [0.2, 0.25) is 5.91 Å². The van der Waals surface area contributed by atoms with Crippen molar-refractivity contribution in [2.45, 2.75) is 40.3 Å². The Morgan fingerprint density at radius 3 is 2.25 bits per heavy atom. The molecule has 2 aromatic carbocycles. The topological polar surface area (TPSA) is 58.6 Å². The van der Waals surface area contributed by atoms with Crippen LogP contribution in [0.5, 0.6) is 5.75 Å². The van der Waals surface area contributed by atoms with Gasteiger partial charge in [-0.1, -0.05) is 61.9 Å². The van der Waals surface area contributed by atoms with Gasteiger partial charge in [-0.15, -0.1) is 0 Å². The zero-order chi connectivity index (χ0) is 20.5. The lowest BCUT2D eigenvalue weighted by molar-refractivity contribution is -0.142. The number of amides is 2. The van der Waals surface area contributed by atoms with Crippen LogP contribution in [-0.2, 0) is 16.1 Å². The van der Waals surface area contributed by atoms with Crippen molar-refractivity contribution in [3.8, 4) is 5.75 Å². The van der Waals surface area contributed by atoms with Gasteiger partial charge >= 0.3 is 0 Å². The maximum atomic E-state index is 12.9. The quantitative estimate of drug-likeness (QED) is 0.721. The van der Waals surface area contributed by atoms with Gasteiger partial charge < -0.3 is 15.0 Å². The van der Waals surface area contributed by atoms with Gasteiger partial charge in [0.25, 0.3) is 5.91 Å². The standard InChI is InChI=1S/C23H30N2O3/c1-17(2)14-24-23(27)19(4)25(15-20-12-10-18(3)11-13-20)22(26)16-28-21-8-6-5-7-9-21/h5-13,17,19H,14-16H2,1-4H3,(H,24,27)/t19-/m1/s1. The molecule has 0 unspecified atom stereocenters. The van der Waals surface area contributed by atoms with Gasteiger partial charge in [0.15, 0.2) is 6.61 Å². The summed E-state index contributed by atoms with van der Waals surface area (Å²) in [5.41, 5.74) is 2.12. The predicted octanol–water partition coefficient (Wildman–Crippen LogP) is 3.56. The molecular formula is C23H30N2O3. The first-order chi connectivity index (χ1) is 13.4. The number of nitrogens with one attached hydrogen (secondary N) is 1. The lowest BCUT2D eigenvalue weighted by atomic mass is 10.1. The maximum Gasteiger partial charge on any atom is 0.261 e. The fourth-order valence-electron chi connectivity index (χ4n) is 2.67. The Morgan fingerprint density at radius 2 is 1.64 bits per heavy atom. The van der Waals surface area contributed by atoms with Crippen LogP contribution in [0.4, 0.5) is 0 Å². The second kappa shape index (κ2) is 10.5. The highest BCUT2D eigenvalue weighted by atomic mass is 16.5. The molecule has 0 radical (unpaired) electrons. The van der Waals surface area contributed by atoms with E-state index in [2.05, 4.69) is 5.32 Å². The number of rotatable bonds is 9. The number of carbonyl (C=O) groups is 2. The van der Waals surface area contributed by atoms with E-state index in [1.165, 1.54) is 0 Å². The van der Waals surface area contributed by atoms with Crippen molar-refractivity contribution in [3.05, 3.63) is 65.7 Å². The van der Waals surface area contributed by atoms with Crippen LogP contribution in [0.2, 0.25) is 0 Å². The average molecular weight is 383 g/mol. The van der Waals surface area contributed by atoms with Crippen LogP contribution < -0.4 is 10.1 Å². The molecule has 0 heterocycles. The molecule has 5 nitrogen and oxygen atoms in total. The van der Waals surface area contributed by atoms with Crippen molar-refractivity contribution >= 4 is 11.8 Å². The number of para-hydroxylation sites is 1. The minimum atomic E-state index is -0.591. The molecule has 1 atom stereocenters. The summed E-state index contributed by atoms with van der Waals surface area (Å²) in [7, 11) is 0. The normalized spacial score (nSPS) is 11.8. The number of nitrogens with zero attached hydrogens (tertiary/aromatic N) is 1. The van der Waals surface area contributed by atoms with Crippen molar-refractivity contribution in [2.24, 2.45) is 5.92 Å². The highest BCUT2D eigenvalue weighted by molar-refractivity contribution is 5.87. The molecule has 0 aliphatic heterocycles. The van der Waals surface area contributed by atoms with Crippen molar-refractivity contribution in [2.75, 3.05) is 13.2 Å². The van der Waals surface area contributed by atoms with Gasteiger partial charge in [0.05, 0.1) is 0 Å². The Bertz CT molecular complexity index is 757. The monoisotopic (exact) mass is 382 g/mol. The van der Waals surface area contributed by atoms with Crippen molar-refractivity contribution in [1.29, 1.82) is 0 Å². The maximum absolute atomic E-state index is 12.9. The predicted molar refractivity (Wildman–Crippen MR) is 111 cm³/mol. The average Bonchev–Trinajstić information content (AvgIpc) is 2.70. The van der Waals surface area contributed by atoms with Crippen molar-refractivity contribution in [3.63, 3.8) is 0 Å². The minimum Gasteiger partial charge on any atom is -0.484 e. The Labute approximate surface area is 167 Å². The first kappa shape index (κ1) is 21.5. The van der Waals surface area contributed by atoms with Crippen LogP contribution in [0.1, 0.15) is 31.9 Å². The molecule has 2 amide bonds. The highest BCUT2D eigenvalue weighted by Gasteiger charge is 2.26. The zero-order valence-corrected chi connectivity index (χ0v) is 17.1. The van der Waals surface area contributed by atoms with E-state index < -0.39 is 6.04 Å². The molecule has 0 saturated carbocycles. The van der Waals surface area contributed by atoms with Crippen LogP contribution in [0.15, 0.2) is 54.6 Å².